The molecular formula is C14H23ClN4O. The highest BCUT2D eigenvalue weighted by atomic mass is 35.5. The van der Waals surface area contributed by atoms with Crippen molar-refractivity contribution in [1.82, 2.24) is 14.9 Å². The standard InChI is InChI=1S/C14H23ClN4O/c1-18(14-16-8-13(15)9-17-14)10-12-4-3-5-19(11-12)6-7-20-2/h8-9,12H,3-7,10-11H2,1-2H3. The minimum Gasteiger partial charge on any atom is -0.383 e. The molecule has 0 aliphatic carbocycles. The third-order valence-electron chi connectivity index (χ3n) is 3.69. The lowest BCUT2D eigenvalue weighted by Gasteiger charge is -2.34. The molecule has 0 spiro atoms. The van der Waals surface area contributed by atoms with E-state index in [1.807, 2.05) is 7.05 Å². The first kappa shape index (κ1) is 15.5. The van der Waals surface area contributed by atoms with Gasteiger partial charge in [-0.2, -0.15) is 0 Å². The van der Waals surface area contributed by atoms with E-state index in [1.54, 1.807) is 19.5 Å². The zero-order valence-corrected chi connectivity index (χ0v) is 13.0. The van der Waals surface area contributed by atoms with Crippen LogP contribution >= 0.6 is 11.6 Å². The third kappa shape index (κ3) is 4.58. The Morgan fingerprint density at radius 3 is 2.90 bits per heavy atom. The molecule has 0 aromatic carbocycles. The van der Waals surface area contributed by atoms with Crippen LogP contribution in [0.5, 0.6) is 0 Å². The van der Waals surface area contributed by atoms with Crippen LogP contribution in [0.3, 0.4) is 0 Å². The summed E-state index contributed by atoms with van der Waals surface area (Å²) in [6, 6.07) is 0. The Morgan fingerprint density at radius 2 is 2.20 bits per heavy atom. The minimum absolute atomic E-state index is 0.575. The normalized spacial score (nSPS) is 20.1. The second-order valence-corrected chi connectivity index (χ2v) is 5.82. The van der Waals surface area contributed by atoms with E-state index in [-0.39, 0.29) is 0 Å². The Bertz CT molecular complexity index is 401. The van der Waals surface area contributed by atoms with Crippen molar-refractivity contribution >= 4 is 17.5 Å². The molecule has 1 atom stereocenters. The van der Waals surface area contributed by atoms with Gasteiger partial charge in [-0.1, -0.05) is 11.6 Å². The Balaban J connectivity index is 1.84. The van der Waals surface area contributed by atoms with Gasteiger partial charge in [0.2, 0.25) is 5.95 Å². The van der Waals surface area contributed by atoms with Crippen molar-refractivity contribution in [2.24, 2.45) is 5.92 Å². The van der Waals surface area contributed by atoms with Crippen LogP contribution in [-0.2, 0) is 4.74 Å². The van der Waals surface area contributed by atoms with E-state index in [0.29, 0.717) is 10.9 Å². The van der Waals surface area contributed by atoms with Gasteiger partial charge in [0.1, 0.15) is 0 Å². The topological polar surface area (TPSA) is 41.5 Å². The first-order valence-electron chi connectivity index (χ1n) is 7.09. The number of ether oxygens (including phenoxy) is 1. The maximum absolute atomic E-state index is 5.81. The van der Waals surface area contributed by atoms with Gasteiger partial charge in [0.15, 0.2) is 0 Å². The summed E-state index contributed by atoms with van der Waals surface area (Å²) in [5.41, 5.74) is 0. The van der Waals surface area contributed by atoms with Crippen molar-refractivity contribution in [1.29, 1.82) is 0 Å². The van der Waals surface area contributed by atoms with Gasteiger partial charge in [0.25, 0.3) is 0 Å². The Kier molecular flexibility index (Phi) is 6.01. The average Bonchev–Trinajstić information content (AvgIpc) is 2.46. The summed E-state index contributed by atoms with van der Waals surface area (Å²) in [5, 5.41) is 0.575. The number of hydrogen-bond donors (Lipinski definition) is 0. The zero-order valence-electron chi connectivity index (χ0n) is 12.3. The van der Waals surface area contributed by atoms with Gasteiger partial charge >= 0.3 is 0 Å². The van der Waals surface area contributed by atoms with Crippen LogP contribution < -0.4 is 4.90 Å². The molecule has 1 aliphatic heterocycles. The lowest BCUT2D eigenvalue weighted by Crippen LogP contribution is -2.41. The number of likely N-dealkylation sites (tertiary alicyclic amines) is 1. The summed E-state index contributed by atoms with van der Waals surface area (Å²) >= 11 is 5.81. The fraction of sp³-hybridized carbons (Fsp3) is 0.714. The molecule has 0 N–H and O–H groups in total. The molecule has 112 valence electrons. The molecule has 1 aromatic rings. The van der Waals surface area contributed by atoms with Crippen LogP contribution in [-0.4, -0.2) is 61.8 Å². The number of aromatic nitrogens is 2. The smallest absolute Gasteiger partial charge is 0.225 e. The third-order valence-corrected chi connectivity index (χ3v) is 3.89. The Hall–Kier alpha value is -0.910. The number of methoxy groups -OCH3 is 1. The van der Waals surface area contributed by atoms with E-state index in [0.717, 1.165) is 32.2 Å². The molecule has 2 rings (SSSR count). The van der Waals surface area contributed by atoms with Gasteiger partial charge in [0, 0.05) is 33.8 Å². The van der Waals surface area contributed by atoms with E-state index in [1.165, 1.54) is 19.4 Å². The molecule has 0 saturated carbocycles. The first-order chi connectivity index (χ1) is 9.69. The minimum atomic E-state index is 0.575. The first-order valence-corrected chi connectivity index (χ1v) is 7.47. The number of rotatable bonds is 6. The van der Waals surface area contributed by atoms with Crippen molar-refractivity contribution in [2.75, 3.05) is 51.8 Å². The Morgan fingerprint density at radius 1 is 1.45 bits per heavy atom. The summed E-state index contributed by atoms with van der Waals surface area (Å²) in [4.78, 5) is 13.1. The predicted molar refractivity (Wildman–Crippen MR) is 81.4 cm³/mol. The average molecular weight is 299 g/mol. The van der Waals surface area contributed by atoms with Crippen LogP contribution in [0.2, 0.25) is 5.02 Å². The molecule has 1 aliphatic rings. The number of hydrogen-bond acceptors (Lipinski definition) is 5. The highest BCUT2D eigenvalue weighted by Crippen LogP contribution is 2.19. The molecule has 2 heterocycles. The van der Waals surface area contributed by atoms with Crippen LogP contribution in [0.4, 0.5) is 5.95 Å². The number of anilines is 1. The van der Waals surface area contributed by atoms with Gasteiger partial charge in [-0.25, -0.2) is 9.97 Å². The monoisotopic (exact) mass is 298 g/mol. The molecule has 6 heteroatoms. The van der Waals surface area contributed by atoms with Crippen LogP contribution in [0.1, 0.15) is 12.8 Å². The van der Waals surface area contributed by atoms with Crippen LogP contribution in [0.25, 0.3) is 0 Å². The number of nitrogens with zero attached hydrogens (tertiary/aromatic N) is 4. The van der Waals surface area contributed by atoms with E-state index in [4.69, 9.17) is 16.3 Å². The predicted octanol–water partition coefficient (Wildman–Crippen LogP) is 1.92. The summed E-state index contributed by atoms with van der Waals surface area (Å²) < 4.78 is 5.16. The van der Waals surface area contributed by atoms with Crippen LogP contribution in [0, 0.1) is 5.92 Å². The van der Waals surface area contributed by atoms with E-state index in [9.17, 15) is 0 Å². The van der Waals surface area contributed by atoms with Crippen molar-refractivity contribution in [3.63, 3.8) is 0 Å². The molecule has 20 heavy (non-hydrogen) atoms. The highest BCUT2D eigenvalue weighted by molar-refractivity contribution is 6.30. The van der Waals surface area contributed by atoms with Crippen molar-refractivity contribution in [3.8, 4) is 0 Å². The SMILES string of the molecule is COCCN1CCCC(CN(C)c2ncc(Cl)cn2)C1. The maximum atomic E-state index is 5.81. The molecule has 0 amide bonds. The second kappa shape index (κ2) is 7.76. The van der Waals surface area contributed by atoms with Gasteiger partial charge in [0.05, 0.1) is 24.0 Å². The van der Waals surface area contributed by atoms with Gasteiger partial charge in [-0.3, -0.25) is 0 Å². The molecule has 1 unspecified atom stereocenters. The number of halogens is 1. The van der Waals surface area contributed by atoms with E-state index >= 15 is 0 Å². The fourth-order valence-electron chi connectivity index (χ4n) is 2.70. The lowest BCUT2D eigenvalue weighted by molar-refractivity contribution is 0.116. The summed E-state index contributed by atoms with van der Waals surface area (Å²) in [6.07, 6.45) is 5.81. The van der Waals surface area contributed by atoms with E-state index < -0.39 is 0 Å². The van der Waals surface area contributed by atoms with Crippen molar-refractivity contribution in [2.45, 2.75) is 12.8 Å². The maximum Gasteiger partial charge on any atom is 0.225 e. The second-order valence-electron chi connectivity index (χ2n) is 5.38. The Labute approximate surface area is 125 Å². The molecule has 0 radical (unpaired) electrons. The zero-order chi connectivity index (χ0) is 14.4. The van der Waals surface area contributed by atoms with Crippen molar-refractivity contribution in [3.05, 3.63) is 17.4 Å². The largest absolute Gasteiger partial charge is 0.383 e. The molecule has 1 aromatic heterocycles. The van der Waals surface area contributed by atoms with Crippen LogP contribution in [0.15, 0.2) is 12.4 Å². The lowest BCUT2D eigenvalue weighted by atomic mass is 9.97. The van der Waals surface area contributed by atoms with E-state index in [2.05, 4.69) is 19.8 Å². The number of piperidine rings is 1. The fourth-order valence-corrected chi connectivity index (χ4v) is 2.79. The quantitative estimate of drug-likeness (QED) is 0.803. The molecular weight excluding hydrogens is 276 g/mol. The molecule has 0 bridgehead atoms. The highest BCUT2D eigenvalue weighted by Gasteiger charge is 2.21. The van der Waals surface area contributed by atoms with Gasteiger partial charge < -0.3 is 14.5 Å². The summed E-state index contributed by atoms with van der Waals surface area (Å²) in [5.74, 6) is 1.40. The molecule has 1 fully saturated rings. The summed E-state index contributed by atoms with van der Waals surface area (Å²) in [7, 11) is 3.80. The molecule has 1 saturated heterocycles. The molecule has 5 nitrogen and oxygen atoms in total. The van der Waals surface area contributed by atoms with Crippen molar-refractivity contribution < 1.29 is 4.74 Å². The van der Waals surface area contributed by atoms with Gasteiger partial charge in [-0.05, 0) is 25.3 Å². The summed E-state index contributed by atoms with van der Waals surface area (Å²) in [6.45, 7) is 5.12. The van der Waals surface area contributed by atoms with Gasteiger partial charge in [-0.15, -0.1) is 0 Å².